The fourth-order valence-corrected chi connectivity index (χ4v) is 3.15. The first-order chi connectivity index (χ1) is 8.20. The summed E-state index contributed by atoms with van der Waals surface area (Å²) in [4.78, 5) is 13.8. The van der Waals surface area contributed by atoms with Crippen LogP contribution < -0.4 is 5.56 Å². The zero-order valence-electron chi connectivity index (χ0n) is 10.3. The molecule has 1 N–H and O–H groups in total. The lowest BCUT2D eigenvalue weighted by Crippen LogP contribution is -2.21. The van der Waals surface area contributed by atoms with Crippen LogP contribution in [0.3, 0.4) is 0 Å². The highest BCUT2D eigenvalue weighted by Crippen LogP contribution is 2.34. The quantitative estimate of drug-likeness (QED) is 0.837. The second-order valence-electron chi connectivity index (χ2n) is 4.98. The minimum Gasteiger partial charge on any atom is -0.322 e. The number of aromatic nitrogens is 2. The van der Waals surface area contributed by atoms with Crippen molar-refractivity contribution >= 4 is 12.2 Å². The Morgan fingerprint density at radius 2 is 2.12 bits per heavy atom. The van der Waals surface area contributed by atoms with E-state index in [1.165, 1.54) is 38.5 Å². The van der Waals surface area contributed by atoms with E-state index in [4.69, 9.17) is 12.2 Å². The van der Waals surface area contributed by atoms with Crippen LogP contribution in [0.1, 0.15) is 51.5 Å². The molecular formula is C13H20N2OS. The van der Waals surface area contributed by atoms with Gasteiger partial charge < -0.3 is 4.57 Å². The van der Waals surface area contributed by atoms with Crippen LogP contribution in [0.4, 0.5) is 0 Å². The van der Waals surface area contributed by atoms with Crippen molar-refractivity contribution in [2.24, 2.45) is 5.92 Å². The van der Waals surface area contributed by atoms with Crippen LogP contribution in [-0.4, -0.2) is 9.55 Å². The summed E-state index contributed by atoms with van der Waals surface area (Å²) in [6.07, 6.45) is 9.43. The van der Waals surface area contributed by atoms with E-state index >= 15 is 0 Å². The van der Waals surface area contributed by atoms with Crippen LogP contribution in [0, 0.1) is 10.7 Å². The molecule has 0 unspecified atom stereocenters. The fourth-order valence-electron chi connectivity index (χ4n) is 2.83. The number of nitrogens with zero attached hydrogens (tertiary/aromatic N) is 1. The number of H-pyrrole nitrogens is 1. The minimum absolute atomic E-state index is 0.106. The Morgan fingerprint density at radius 3 is 2.71 bits per heavy atom. The summed E-state index contributed by atoms with van der Waals surface area (Å²) in [5.74, 6) is 0.896. The molecule has 1 fully saturated rings. The van der Waals surface area contributed by atoms with Crippen molar-refractivity contribution in [2.45, 2.75) is 51.5 Å². The standard InChI is InChI=1S/C13H20N2OS/c1-2-3-10-4-6-11(7-5-10)15-9-8-12(16)14-13(15)17/h8-11H,2-7H2,1H3,(H,14,16,17). The SMILES string of the molecule is CCCC1CCC(n2ccc(=O)[nH]c2=S)CC1. The lowest BCUT2D eigenvalue weighted by atomic mass is 9.83. The van der Waals surface area contributed by atoms with E-state index in [0.29, 0.717) is 10.8 Å². The monoisotopic (exact) mass is 252 g/mol. The fraction of sp³-hybridized carbons (Fsp3) is 0.692. The molecule has 0 amide bonds. The van der Waals surface area contributed by atoms with Crippen molar-refractivity contribution in [1.29, 1.82) is 0 Å². The summed E-state index contributed by atoms with van der Waals surface area (Å²) >= 11 is 5.21. The Kier molecular flexibility index (Phi) is 4.15. The van der Waals surface area contributed by atoms with E-state index in [-0.39, 0.29) is 5.56 Å². The lowest BCUT2D eigenvalue weighted by molar-refractivity contribution is 0.259. The molecule has 0 bridgehead atoms. The van der Waals surface area contributed by atoms with Gasteiger partial charge in [-0.2, -0.15) is 0 Å². The Morgan fingerprint density at radius 1 is 1.41 bits per heavy atom. The third kappa shape index (κ3) is 3.06. The maximum Gasteiger partial charge on any atom is 0.251 e. The van der Waals surface area contributed by atoms with E-state index in [1.807, 2.05) is 6.20 Å². The van der Waals surface area contributed by atoms with E-state index in [2.05, 4.69) is 16.5 Å². The van der Waals surface area contributed by atoms with E-state index < -0.39 is 0 Å². The molecule has 1 aromatic heterocycles. The third-order valence-corrected chi connectivity index (χ3v) is 4.07. The topological polar surface area (TPSA) is 37.8 Å². The normalized spacial score (nSPS) is 24.8. The van der Waals surface area contributed by atoms with E-state index in [1.54, 1.807) is 6.07 Å². The number of rotatable bonds is 3. The summed E-state index contributed by atoms with van der Waals surface area (Å²) in [5, 5.41) is 0. The van der Waals surface area contributed by atoms with Crippen LogP contribution in [-0.2, 0) is 0 Å². The second kappa shape index (κ2) is 5.63. The van der Waals surface area contributed by atoms with Crippen molar-refractivity contribution < 1.29 is 0 Å². The lowest BCUT2D eigenvalue weighted by Gasteiger charge is -2.29. The number of hydrogen-bond acceptors (Lipinski definition) is 2. The molecule has 0 aromatic carbocycles. The number of nitrogens with one attached hydrogen (secondary N) is 1. The van der Waals surface area contributed by atoms with E-state index in [9.17, 15) is 4.79 Å². The molecule has 0 spiro atoms. The maximum absolute atomic E-state index is 11.1. The first kappa shape index (κ1) is 12.6. The van der Waals surface area contributed by atoms with Gasteiger partial charge in [0, 0.05) is 18.3 Å². The van der Waals surface area contributed by atoms with Gasteiger partial charge in [-0.05, 0) is 43.8 Å². The van der Waals surface area contributed by atoms with Crippen molar-refractivity contribution in [2.75, 3.05) is 0 Å². The van der Waals surface area contributed by atoms with Crippen molar-refractivity contribution in [3.8, 4) is 0 Å². The smallest absolute Gasteiger partial charge is 0.251 e. The molecule has 1 saturated carbocycles. The largest absolute Gasteiger partial charge is 0.322 e. The molecule has 4 heteroatoms. The molecule has 0 aliphatic heterocycles. The van der Waals surface area contributed by atoms with Gasteiger partial charge in [0.1, 0.15) is 0 Å². The Bertz CT molecular complexity index is 469. The van der Waals surface area contributed by atoms with Crippen molar-refractivity contribution in [3.63, 3.8) is 0 Å². The van der Waals surface area contributed by atoms with Gasteiger partial charge in [-0.3, -0.25) is 9.78 Å². The molecule has 0 saturated heterocycles. The van der Waals surface area contributed by atoms with Gasteiger partial charge >= 0.3 is 0 Å². The van der Waals surface area contributed by atoms with Gasteiger partial charge in [0.05, 0.1) is 0 Å². The molecular weight excluding hydrogens is 232 g/mol. The average Bonchev–Trinajstić information content (AvgIpc) is 2.31. The summed E-state index contributed by atoms with van der Waals surface area (Å²) in [6, 6.07) is 2.04. The van der Waals surface area contributed by atoms with Gasteiger partial charge in [0.25, 0.3) is 5.56 Å². The third-order valence-electron chi connectivity index (χ3n) is 3.76. The maximum atomic E-state index is 11.1. The summed E-state index contributed by atoms with van der Waals surface area (Å²) < 4.78 is 2.62. The highest BCUT2D eigenvalue weighted by atomic mass is 32.1. The summed E-state index contributed by atoms with van der Waals surface area (Å²) in [7, 11) is 0. The van der Waals surface area contributed by atoms with Crippen LogP contribution in [0.5, 0.6) is 0 Å². The van der Waals surface area contributed by atoms with Gasteiger partial charge in [-0.25, -0.2) is 0 Å². The molecule has 1 heterocycles. The van der Waals surface area contributed by atoms with Gasteiger partial charge in [-0.1, -0.05) is 19.8 Å². The highest BCUT2D eigenvalue weighted by molar-refractivity contribution is 7.71. The van der Waals surface area contributed by atoms with E-state index in [0.717, 1.165) is 5.92 Å². The predicted molar refractivity (Wildman–Crippen MR) is 71.8 cm³/mol. The first-order valence-corrected chi connectivity index (χ1v) is 6.93. The van der Waals surface area contributed by atoms with Crippen molar-refractivity contribution in [1.82, 2.24) is 9.55 Å². The molecule has 1 aliphatic rings. The molecule has 0 atom stereocenters. The van der Waals surface area contributed by atoms with Crippen LogP contribution >= 0.6 is 12.2 Å². The Hall–Kier alpha value is -0.900. The molecule has 0 radical (unpaired) electrons. The van der Waals surface area contributed by atoms with Gasteiger partial charge in [0.15, 0.2) is 4.77 Å². The molecule has 17 heavy (non-hydrogen) atoms. The van der Waals surface area contributed by atoms with Crippen LogP contribution in [0.25, 0.3) is 0 Å². The van der Waals surface area contributed by atoms with Crippen LogP contribution in [0.2, 0.25) is 0 Å². The molecule has 3 nitrogen and oxygen atoms in total. The molecule has 1 aromatic rings. The molecule has 1 aliphatic carbocycles. The van der Waals surface area contributed by atoms with Gasteiger partial charge in [-0.15, -0.1) is 0 Å². The zero-order valence-corrected chi connectivity index (χ0v) is 11.1. The summed E-state index contributed by atoms with van der Waals surface area (Å²) in [6.45, 7) is 2.25. The number of aromatic amines is 1. The predicted octanol–water partition coefficient (Wildman–Crippen LogP) is 3.44. The Labute approximate surface area is 107 Å². The summed E-state index contributed by atoms with van der Waals surface area (Å²) in [5.41, 5.74) is -0.106. The first-order valence-electron chi connectivity index (χ1n) is 6.52. The molecule has 94 valence electrons. The highest BCUT2D eigenvalue weighted by Gasteiger charge is 2.21. The van der Waals surface area contributed by atoms with Crippen LogP contribution in [0.15, 0.2) is 17.1 Å². The van der Waals surface area contributed by atoms with Gasteiger partial charge in [0.2, 0.25) is 0 Å². The Balaban J connectivity index is 2.05. The molecule has 2 rings (SSSR count). The minimum atomic E-state index is -0.106. The second-order valence-corrected chi connectivity index (χ2v) is 5.37. The zero-order chi connectivity index (χ0) is 12.3. The van der Waals surface area contributed by atoms with Crippen molar-refractivity contribution in [3.05, 3.63) is 27.4 Å². The average molecular weight is 252 g/mol. The number of hydrogen-bond donors (Lipinski definition) is 1.